The van der Waals surface area contributed by atoms with Gasteiger partial charge in [-0.3, -0.25) is 0 Å². The van der Waals surface area contributed by atoms with Gasteiger partial charge in [-0.15, -0.1) is 0 Å². The number of rotatable bonds is 15. The summed E-state index contributed by atoms with van der Waals surface area (Å²) >= 11 is 0. The third-order valence-corrected chi connectivity index (χ3v) is 6.95. The van der Waals surface area contributed by atoms with Crippen LogP contribution >= 0.6 is 0 Å². The second-order valence-electron chi connectivity index (χ2n) is 10.4. The van der Waals surface area contributed by atoms with Gasteiger partial charge in [-0.1, -0.05) is 82.9 Å². The SMILES string of the molecule is CCCCCCCCCCCC[N+](C)(C)C[C@@H]1CCCC[C@H]1OC(=O)c1ccccc1. The van der Waals surface area contributed by atoms with E-state index in [0.29, 0.717) is 11.5 Å². The molecule has 0 heterocycles. The predicted octanol–water partition coefficient (Wildman–Crippen LogP) is 7.40. The molecule has 0 unspecified atom stereocenters. The summed E-state index contributed by atoms with van der Waals surface area (Å²) in [6, 6.07) is 9.45. The van der Waals surface area contributed by atoms with Crippen molar-refractivity contribution in [2.75, 3.05) is 27.2 Å². The zero-order valence-corrected chi connectivity index (χ0v) is 20.6. The number of esters is 1. The third-order valence-electron chi connectivity index (χ3n) is 6.95. The Hall–Kier alpha value is -1.35. The van der Waals surface area contributed by atoms with Crippen LogP contribution in [0.25, 0.3) is 0 Å². The molecule has 1 aliphatic rings. The monoisotopic (exact) mass is 430 g/mol. The fourth-order valence-electron chi connectivity index (χ4n) is 5.07. The maximum Gasteiger partial charge on any atom is 0.338 e. The molecule has 0 spiro atoms. The number of hydrogen-bond donors (Lipinski definition) is 0. The molecule has 1 aromatic rings. The van der Waals surface area contributed by atoms with Crippen molar-refractivity contribution in [3.05, 3.63) is 35.9 Å². The summed E-state index contributed by atoms with van der Waals surface area (Å²) in [7, 11) is 4.72. The topological polar surface area (TPSA) is 26.3 Å². The van der Waals surface area contributed by atoms with Crippen LogP contribution in [-0.4, -0.2) is 43.7 Å². The maximum absolute atomic E-state index is 12.6. The van der Waals surface area contributed by atoms with E-state index in [1.807, 2.05) is 30.3 Å². The maximum atomic E-state index is 12.6. The van der Waals surface area contributed by atoms with Crippen molar-refractivity contribution in [3.63, 3.8) is 0 Å². The summed E-state index contributed by atoms with van der Waals surface area (Å²) in [4.78, 5) is 12.6. The van der Waals surface area contributed by atoms with Gasteiger partial charge in [-0.05, 0) is 44.2 Å². The highest BCUT2D eigenvalue weighted by atomic mass is 16.5. The number of quaternary nitrogens is 1. The van der Waals surface area contributed by atoms with Gasteiger partial charge in [0.25, 0.3) is 0 Å². The number of nitrogens with zero attached hydrogens (tertiary/aromatic N) is 1. The second kappa shape index (κ2) is 14.7. The van der Waals surface area contributed by atoms with Gasteiger partial charge in [0.1, 0.15) is 6.10 Å². The highest BCUT2D eigenvalue weighted by Crippen LogP contribution is 2.29. The van der Waals surface area contributed by atoms with Crippen molar-refractivity contribution < 1.29 is 14.0 Å². The Morgan fingerprint density at radius 2 is 1.45 bits per heavy atom. The number of carbonyl (C=O) groups is 1. The zero-order chi connectivity index (χ0) is 22.4. The van der Waals surface area contributed by atoms with Gasteiger partial charge in [-0.25, -0.2) is 4.79 Å². The average Bonchev–Trinajstić information content (AvgIpc) is 2.77. The Labute approximate surface area is 192 Å². The van der Waals surface area contributed by atoms with E-state index in [-0.39, 0.29) is 12.1 Å². The van der Waals surface area contributed by atoms with Crippen molar-refractivity contribution in [2.45, 2.75) is 103 Å². The summed E-state index contributed by atoms with van der Waals surface area (Å²) in [5.74, 6) is 0.331. The van der Waals surface area contributed by atoms with Crippen molar-refractivity contribution in [1.82, 2.24) is 0 Å². The summed E-state index contributed by atoms with van der Waals surface area (Å²) in [5.41, 5.74) is 0.672. The minimum absolute atomic E-state index is 0.0755. The van der Waals surface area contributed by atoms with Gasteiger partial charge in [0.05, 0.1) is 32.7 Å². The quantitative estimate of drug-likeness (QED) is 0.165. The van der Waals surface area contributed by atoms with Crippen LogP contribution in [0.5, 0.6) is 0 Å². The Morgan fingerprint density at radius 1 is 0.871 bits per heavy atom. The molecule has 31 heavy (non-hydrogen) atoms. The minimum atomic E-state index is -0.155. The van der Waals surface area contributed by atoms with E-state index in [4.69, 9.17) is 4.74 Å². The number of hydrogen-bond acceptors (Lipinski definition) is 2. The van der Waals surface area contributed by atoms with Gasteiger partial charge in [0.15, 0.2) is 0 Å². The smallest absolute Gasteiger partial charge is 0.338 e. The van der Waals surface area contributed by atoms with Crippen molar-refractivity contribution >= 4 is 5.97 Å². The highest BCUT2D eigenvalue weighted by molar-refractivity contribution is 5.89. The molecule has 2 rings (SSSR count). The van der Waals surface area contributed by atoms with Crippen molar-refractivity contribution in [1.29, 1.82) is 0 Å². The minimum Gasteiger partial charge on any atom is -0.458 e. The molecule has 3 nitrogen and oxygen atoms in total. The number of carbonyl (C=O) groups excluding carboxylic acids is 1. The summed E-state index contributed by atoms with van der Waals surface area (Å²) in [6.07, 6.45) is 18.6. The fraction of sp³-hybridized carbons (Fsp3) is 0.750. The molecule has 0 aliphatic heterocycles. The standard InChI is InChI=1S/C28H48NO2/c1-4-5-6-7-8-9-10-11-12-18-23-29(2,3)24-26-21-16-17-22-27(26)31-28(30)25-19-14-13-15-20-25/h13-15,19-20,26-27H,4-12,16-18,21-24H2,1-3H3/q+1/t26-,27+/m0/s1. The fourth-order valence-corrected chi connectivity index (χ4v) is 5.07. The molecule has 0 N–H and O–H groups in total. The van der Waals surface area contributed by atoms with Crippen LogP contribution in [0, 0.1) is 5.92 Å². The molecule has 2 atom stereocenters. The molecule has 0 saturated heterocycles. The van der Waals surface area contributed by atoms with E-state index in [0.717, 1.165) is 17.4 Å². The van der Waals surface area contributed by atoms with Gasteiger partial charge in [0.2, 0.25) is 0 Å². The molecule has 0 radical (unpaired) electrons. The number of benzene rings is 1. The normalized spacial score (nSPS) is 19.3. The molecule has 0 aromatic heterocycles. The van der Waals surface area contributed by atoms with Gasteiger partial charge in [0, 0.05) is 5.92 Å². The highest BCUT2D eigenvalue weighted by Gasteiger charge is 2.33. The molecule has 0 amide bonds. The lowest BCUT2D eigenvalue weighted by Gasteiger charge is -2.38. The first kappa shape index (κ1) is 25.9. The van der Waals surface area contributed by atoms with Crippen molar-refractivity contribution in [2.24, 2.45) is 5.92 Å². The molecule has 1 aliphatic carbocycles. The second-order valence-corrected chi connectivity index (χ2v) is 10.4. The first-order valence-electron chi connectivity index (χ1n) is 13.1. The van der Waals surface area contributed by atoms with Crippen LogP contribution in [-0.2, 0) is 4.74 Å². The number of unbranched alkanes of at least 4 members (excludes halogenated alkanes) is 9. The molecule has 3 heteroatoms. The molecule has 1 fully saturated rings. The average molecular weight is 431 g/mol. The Kier molecular flexibility index (Phi) is 12.3. The van der Waals surface area contributed by atoms with E-state index in [9.17, 15) is 4.79 Å². The zero-order valence-electron chi connectivity index (χ0n) is 20.6. The van der Waals surface area contributed by atoms with Gasteiger partial charge >= 0.3 is 5.97 Å². The first-order valence-corrected chi connectivity index (χ1v) is 13.1. The molecule has 176 valence electrons. The van der Waals surface area contributed by atoms with Crippen molar-refractivity contribution in [3.8, 4) is 0 Å². The molecular formula is C28H48NO2+. The summed E-state index contributed by atoms with van der Waals surface area (Å²) < 4.78 is 7.03. The Morgan fingerprint density at radius 3 is 2.10 bits per heavy atom. The number of ether oxygens (including phenoxy) is 1. The largest absolute Gasteiger partial charge is 0.458 e. The van der Waals surface area contributed by atoms with E-state index in [2.05, 4.69) is 21.0 Å². The van der Waals surface area contributed by atoms with Crippen LogP contribution in [0.15, 0.2) is 30.3 Å². The lowest BCUT2D eigenvalue weighted by Crippen LogP contribution is -2.48. The lowest BCUT2D eigenvalue weighted by atomic mass is 9.85. The van der Waals surface area contributed by atoms with Gasteiger partial charge in [-0.2, -0.15) is 0 Å². The summed E-state index contributed by atoms with van der Waals surface area (Å²) in [6.45, 7) is 4.63. The van der Waals surface area contributed by atoms with E-state index >= 15 is 0 Å². The van der Waals surface area contributed by atoms with Crippen LogP contribution in [0.3, 0.4) is 0 Å². The van der Waals surface area contributed by atoms with E-state index in [1.165, 1.54) is 90.0 Å². The van der Waals surface area contributed by atoms with Crippen LogP contribution in [0.2, 0.25) is 0 Å². The Bertz CT molecular complexity index is 598. The van der Waals surface area contributed by atoms with Crippen LogP contribution in [0.4, 0.5) is 0 Å². The molecular weight excluding hydrogens is 382 g/mol. The van der Waals surface area contributed by atoms with Crippen LogP contribution in [0.1, 0.15) is 107 Å². The Balaban J connectivity index is 1.66. The predicted molar refractivity (Wildman–Crippen MR) is 131 cm³/mol. The molecule has 1 aromatic carbocycles. The third kappa shape index (κ3) is 10.7. The first-order chi connectivity index (χ1) is 15.0. The summed E-state index contributed by atoms with van der Waals surface area (Å²) in [5, 5.41) is 0. The van der Waals surface area contributed by atoms with E-state index in [1.54, 1.807) is 0 Å². The lowest BCUT2D eigenvalue weighted by molar-refractivity contribution is -0.894. The van der Waals surface area contributed by atoms with Gasteiger partial charge < -0.3 is 9.22 Å². The van der Waals surface area contributed by atoms with E-state index < -0.39 is 0 Å². The molecule has 0 bridgehead atoms. The van der Waals surface area contributed by atoms with Crippen LogP contribution < -0.4 is 0 Å². The molecule has 1 saturated carbocycles.